The Morgan fingerprint density at radius 2 is 1.91 bits per heavy atom. The SMILES string of the molecule is CCN(C)C(=O)Oc1ccc2c(c1)[C@@]1(C)CCCCC[C@@H](C2)[C@@H]1NC(=O)OCc1ccccc1. The smallest absolute Gasteiger partial charge is 0.414 e. The Morgan fingerprint density at radius 1 is 1.12 bits per heavy atom. The zero-order chi connectivity index (χ0) is 24.1. The summed E-state index contributed by atoms with van der Waals surface area (Å²) in [5.74, 6) is 0.901. The highest BCUT2D eigenvalue weighted by Gasteiger charge is 2.46. The van der Waals surface area contributed by atoms with E-state index in [-0.39, 0.29) is 30.3 Å². The van der Waals surface area contributed by atoms with E-state index in [1.54, 1.807) is 11.9 Å². The van der Waals surface area contributed by atoms with Gasteiger partial charge in [-0.05, 0) is 60.9 Å². The van der Waals surface area contributed by atoms with Crippen molar-refractivity contribution >= 4 is 12.2 Å². The van der Waals surface area contributed by atoms with Crippen molar-refractivity contribution in [1.29, 1.82) is 0 Å². The molecule has 1 fully saturated rings. The van der Waals surface area contributed by atoms with Crippen LogP contribution in [0.1, 0.15) is 62.6 Å². The van der Waals surface area contributed by atoms with Crippen LogP contribution in [-0.4, -0.2) is 36.7 Å². The van der Waals surface area contributed by atoms with E-state index in [4.69, 9.17) is 9.47 Å². The molecular formula is C28H36N2O4. The minimum atomic E-state index is -0.374. The van der Waals surface area contributed by atoms with Crippen LogP contribution in [0.25, 0.3) is 0 Å². The van der Waals surface area contributed by atoms with E-state index in [1.165, 1.54) is 24.0 Å². The van der Waals surface area contributed by atoms with Gasteiger partial charge >= 0.3 is 12.2 Å². The second-order valence-corrected chi connectivity index (χ2v) is 9.87. The number of carbonyl (C=O) groups is 2. The maximum Gasteiger partial charge on any atom is 0.414 e. The van der Waals surface area contributed by atoms with E-state index in [9.17, 15) is 9.59 Å². The summed E-state index contributed by atoms with van der Waals surface area (Å²) in [6.07, 6.45) is 5.68. The van der Waals surface area contributed by atoms with E-state index in [1.807, 2.05) is 49.4 Å². The van der Waals surface area contributed by atoms with Crippen molar-refractivity contribution in [1.82, 2.24) is 10.2 Å². The fourth-order valence-electron chi connectivity index (χ4n) is 5.53. The second kappa shape index (κ2) is 10.5. The first-order valence-corrected chi connectivity index (χ1v) is 12.4. The van der Waals surface area contributed by atoms with Crippen LogP contribution in [0.5, 0.6) is 5.75 Å². The van der Waals surface area contributed by atoms with Crippen LogP contribution in [0.2, 0.25) is 0 Å². The number of rotatable bonds is 5. The lowest BCUT2D eigenvalue weighted by Crippen LogP contribution is -2.57. The Morgan fingerprint density at radius 3 is 2.68 bits per heavy atom. The fraction of sp³-hybridized carbons (Fsp3) is 0.500. The van der Waals surface area contributed by atoms with Crippen LogP contribution in [-0.2, 0) is 23.2 Å². The summed E-state index contributed by atoms with van der Waals surface area (Å²) >= 11 is 0. The minimum Gasteiger partial charge on any atom is -0.445 e. The van der Waals surface area contributed by atoms with Crippen LogP contribution in [0, 0.1) is 5.92 Å². The molecule has 1 saturated carbocycles. The number of fused-ring (bicyclic) bond motifs is 4. The maximum absolute atomic E-state index is 12.9. The third kappa shape index (κ3) is 5.21. The Kier molecular flexibility index (Phi) is 7.44. The standard InChI is InChI=1S/C28H36N2O4/c1-4-30(3)27(32)34-23-15-14-21-17-22-13-9-6-10-16-28(2,24(21)18-23)25(22)29-26(31)33-19-20-11-7-5-8-12-20/h5,7-8,11-12,14-15,18,22,25H,4,6,9-10,13,16-17,19H2,1-3H3,(H,29,31)/t22-,25-,28+/m0/s1. The molecular weight excluding hydrogens is 428 g/mol. The summed E-state index contributed by atoms with van der Waals surface area (Å²) in [4.78, 5) is 26.8. The average molecular weight is 465 g/mol. The number of amides is 2. The molecule has 0 aliphatic heterocycles. The Hall–Kier alpha value is -3.02. The predicted molar refractivity (Wildman–Crippen MR) is 132 cm³/mol. The largest absolute Gasteiger partial charge is 0.445 e. The van der Waals surface area contributed by atoms with E-state index >= 15 is 0 Å². The molecule has 3 atom stereocenters. The first-order chi connectivity index (χ1) is 16.4. The lowest BCUT2D eigenvalue weighted by molar-refractivity contribution is 0.110. The molecule has 2 amide bonds. The van der Waals surface area contributed by atoms with Gasteiger partial charge in [0.05, 0.1) is 0 Å². The zero-order valence-electron chi connectivity index (χ0n) is 20.5. The normalized spacial score (nSPS) is 23.6. The van der Waals surface area contributed by atoms with Crippen molar-refractivity contribution in [3.05, 3.63) is 65.2 Å². The van der Waals surface area contributed by atoms with Crippen LogP contribution >= 0.6 is 0 Å². The van der Waals surface area contributed by atoms with E-state index in [0.717, 1.165) is 31.2 Å². The van der Waals surface area contributed by atoms with Crippen molar-refractivity contribution in [2.45, 2.75) is 70.4 Å². The molecule has 2 aliphatic carbocycles. The molecule has 0 spiro atoms. The van der Waals surface area contributed by atoms with Crippen LogP contribution in [0.4, 0.5) is 9.59 Å². The summed E-state index contributed by atoms with van der Waals surface area (Å²) in [6.45, 7) is 4.99. The molecule has 2 bridgehead atoms. The molecule has 6 heteroatoms. The topological polar surface area (TPSA) is 67.9 Å². The van der Waals surface area contributed by atoms with Gasteiger partial charge in [0.25, 0.3) is 0 Å². The van der Waals surface area contributed by atoms with Crippen molar-refractivity contribution in [2.24, 2.45) is 5.92 Å². The summed E-state index contributed by atoms with van der Waals surface area (Å²) < 4.78 is 11.2. The van der Waals surface area contributed by atoms with Crippen LogP contribution in [0.3, 0.4) is 0 Å². The molecule has 1 N–H and O–H groups in total. The molecule has 0 aromatic heterocycles. The Balaban J connectivity index is 1.57. The number of nitrogens with zero attached hydrogens (tertiary/aromatic N) is 1. The lowest BCUT2D eigenvalue weighted by atomic mass is 9.59. The highest BCUT2D eigenvalue weighted by molar-refractivity contribution is 5.71. The first-order valence-electron chi connectivity index (χ1n) is 12.4. The second-order valence-electron chi connectivity index (χ2n) is 9.87. The lowest BCUT2D eigenvalue weighted by Gasteiger charge is -2.49. The van der Waals surface area contributed by atoms with Crippen molar-refractivity contribution in [3.8, 4) is 5.75 Å². The van der Waals surface area contributed by atoms with Gasteiger partial charge in [-0.15, -0.1) is 0 Å². The molecule has 0 radical (unpaired) electrons. The van der Waals surface area contributed by atoms with Crippen LogP contribution in [0.15, 0.2) is 48.5 Å². The highest BCUT2D eigenvalue weighted by Crippen LogP contribution is 2.47. The highest BCUT2D eigenvalue weighted by atomic mass is 16.6. The van der Waals surface area contributed by atoms with Gasteiger partial charge in [0, 0.05) is 25.0 Å². The molecule has 0 heterocycles. The monoisotopic (exact) mass is 464 g/mol. The quantitative estimate of drug-likeness (QED) is 0.605. The average Bonchev–Trinajstić information content (AvgIpc) is 2.84. The molecule has 2 aromatic rings. The van der Waals surface area contributed by atoms with Gasteiger partial charge in [0.1, 0.15) is 12.4 Å². The molecule has 4 rings (SSSR count). The first kappa shape index (κ1) is 24.1. The van der Waals surface area contributed by atoms with Crippen LogP contribution < -0.4 is 10.1 Å². The molecule has 6 nitrogen and oxygen atoms in total. The van der Waals surface area contributed by atoms with Crippen molar-refractivity contribution in [3.63, 3.8) is 0 Å². The summed E-state index contributed by atoms with van der Waals surface area (Å²) in [5, 5.41) is 3.25. The maximum atomic E-state index is 12.9. The van der Waals surface area contributed by atoms with Gasteiger partial charge in [0.2, 0.25) is 0 Å². The van der Waals surface area contributed by atoms with E-state index < -0.39 is 0 Å². The van der Waals surface area contributed by atoms with E-state index in [2.05, 4.69) is 18.3 Å². The summed E-state index contributed by atoms with van der Waals surface area (Å²) in [5.41, 5.74) is 3.16. The third-order valence-corrected chi connectivity index (χ3v) is 7.58. The van der Waals surface area contributed by atoms with E-state index in [0.29, 0.717) is 18.2 Å². The molecule has 2 aromatic carbocycles. The number of benzene rings is 2. The number of ether oxygens (including phenoxy) is 2. The minimum absolute atomic E-state index is 0.0344. The summed E-state index contributed by atoms with van der Waals surface area (Å²) in [6, 6.07) is 15.7. The van der Waals surface area contributed by atoms with Gasteiger partial charge in [0.15, 0.2) is 0 Å². The fourth-order valence-corrected chi connectivity index (χ4v) is 5.53. The van der Waals surface area contributed by atoms with Crippen molar-refractivity contribution < 1.29 is 19.1 Å². The molecule has 0 saturated heterocycles. The number of hydrogen-bond acceptors (Lipinski definition) is 4. The number of nitrogens with one attached hydrogen (secondary N) is 1. The Bertz CT molecular complexity index is 1010. The zero-order valence-corrected chi connectivity index (χ0v) is 20.5. The number of alkyl carbamates (subject to hydrolysis) is 1. The number of carbonyl (C=O) groups excluding carboxylic acids is 2. The Labute approximate surface area is 202 Å². The van der Waals surface area contributed by atoms with Gasteiger partial charge in [-0.25, -0.2) is 9.59 Å². The molecule has 2 aliphatic rings. The van der Waals surface area contributed by atoms with Gasteiger partial charge < -0.3 is 19.7 Å². The molecule has 34 heavy (non-hydrogen) atoms. The third-order valence-electron chi connectivity index (χ3n) is 7.58. The number of hydrogen-bond donors (Lipinski definition) is 1. The molecule has 182 valence electrons. The van der Waals surface area contributed by atoms with Crippen molar-refractivity contribution in [2.75, 3.05) is 13.6 Å². The van der Waals surface area contributed by atoms with Gasteiger partial charge in [-0.3, -0.25) is 0 Å². The molecule has 0 unspecified atom stereocenters. The summed E-state index contributed by atoms with van der Waals surface area (Å²) in [7, 11) is 1.72. The predicted octanol–water partition coefficient (Wildman–Crippen LogP) is 5.83. The van der Waals surface area contributed by atoms with Gasteiger partial charge in [-0.1, -0.05) is 62.6 Å². The van der Waals surface area contributed by atoms with Gasteiger partial charge in [-0.2, -0.15) is 0 Å².